The van der Waals surface area contributed by atoms with Gasteiger partial charge >= 0.3 is 0 Å². The molecule has 0 fully saturated rings. The van der Waals surface area contributed by atoms with E-state index in [0.29, 0.717) is 0 Å². The molecule has 0 aromatic carbocycles. The van der Waals surface area contributed by atoms with Crippen molar-refractivity contribution in [3.8, 4) is 0 Å². The standard InChI is InChI=1S/C9H10O2S/c1-9(2)5-12-8-6(7(9)10)3-4-11-8/h3-4H,5H2,1-2H3. The molecule has 1 aromatic heterocycles. The number of Topliss-reactive ketones (excluding diaryl/α,β-unsaturated/α-hetero) is 1. The topological polar surface area (TPSA) is 30.2 Å². The number of hydrogen-bond donors (Lipinski definition) is 0. The molecule has 12 heavy (non-hydrogen) atoms. The Labute approximate surface area is 75.3 Å². The Morgan fingerprint density at radius 2 is 2.33 bits per heavy atom. The Hall–Kier alpha value is -0.700. The third-order valence-electron chi connectivity index (χ3n) is 2.05. The average Bonchev–Trinajstić information content (AvgIpc) is 2.45. The summed E-state index contributed by atoms with van der Waals surface area (Å²) < 4.78 is 5.16. The largest absolute Gasteiger partial charge is 0.457 e. The molecule has 2 nitrogen and oxygen atoms in total. The average molecular weight is 182 g/mol. The van der Waals surface area contributed by atoms with Gasteiger partial charge in [-0.15, -0.1) is 0 Å². The van der Waals surface area contributed by atoms with Gasteiger partial charge in [0.15, 0.2) is 10.9 Å². The predicted molar refractivity (Wildman–Crippen MR) is 47.5 cm³/mol. The Morgan fingerprint density at radius 1 is 1.58 bits per heavy atom. The summed E-state index contributed by atoms with van der Waals surface area (Å²) in [6.45, 7) is 3.94. The van der Waals surface area contributed by atoms with E-state index in [1.807, 2.05) is 13.8 Å². The van der Waals surface area contributed by atoms with Crippen LogP contribution in [0.2, 0.25) is 0 Å². The number of fused-ring (bicyclic) bond motifs is 1. The first-order valence-corrected chi connectivity index (χ1v) is 4.85. The third kappa shape index (κ3) is 1.00. The second kappa shape index (κ2) is 2.39. The van der Waals surface area contributed by atoms with Crippen molar-refractivity contribution in [3.05, 3.63) is 17.9 Å². The van der Waals surface area contributed by atoms with Crippen LogP contribution in [0.15, 0.2) is 21.8 Å². The molecule has 0 atom stereocenters. The van der Waals surface area contributed by atoms with Crippen LogP contribution in [0.1, 0.15) is 24.2 Å². The highest BCUT2D eigenvalue weighted by Crippen LogP contribution is 2.39. The number of hydrogen-bond acceptors (Lipinski definition) is 3. The van der Waals surface area contributed by atoms with Gasteiger partial charge < -0.3 is 4.42 Å². The van der Waals surface area contributed by atoms with E-state index in [4.69, 9.17) is 4.42 Å². The molecule has 0 bridgehead atoms. The molecule has 0 saturated carbocycles. The van der Waals surface area contributed by atoms with Crippen molar-refractivity contribution in [2.75, 3.05) is 5.75 Å². The zero-order valence-electron chi connectivity index (χ0n) is 7.09. The summed E-state index contributed by atoms with van der Waals surface area (Å²) in [7, 11) is 0. The van der Waals surface area contributed by atoms with Gasteiger partial charge in [0.05, 0.1) is 11.8 Å². The van der Waals surface area contributed by atoms with Gasteiger partial charge in [-0.2, -0.15) is 0 Å². The van der Waals surface area contributed by atoms with Gasteiger partial charge in [0.1, 0.15) is 0 Å². The molecule has 0 N–H and O–H groups in total. The second-order valence-electron chi connectivity index (χ2n) is 3.62. The summed E-state index contributed by atoms with van der Waals surface area (Å²) in [5, 5.41) is 0.777. The summed E-state index contributed by atoms with van der Waals surface area (Å²) in [6.07, 6.45) is 1.58. The number of furan rings is 1. The molecular formula is C9H10O2S. The molecule has 0 aliphatic carbocycles. The van der Waals surface area contributed by atoms with E-state index in [1.54, 1.807) is 24.1 Å². The Bertz CT molecular complexity index is 325. The highest BCUT2D eigenvalue weighted by atomic mass is 32.2. The van der Waals surface area contributed by atoms with Crippen LogP contribution in [0.3, 0.4) is 0 Å². The lowest BCUT2D eigenvalue weighted by Gasteiger charge is -2.25. The van der Waals surface area contributed by atoms with Gasteiger partial charge in [-0.1, -0.05) is 25.6 Å². The van der Waals surface area contributed by atoms with Crippen molar-refractivity contribution in [1.82, 2.24) is 0 Å². The first-order valence-electron chi connectivity index (χ1n) is 3.86. The zero-order chi connectivity index (χ0) is 8.77. The highest BCUT2D eigenvalue weighted by molar-refractivity contribution is 7.99. The monoisotopic (exact) mass is 182 g/mol. The van der Waals surface area contributed by atoms with Crippen LogP contribution in [-0.4, -0.2) is 11.5 Å². The van der Waals surface area contributed by atoms with Gasteiger partial charge in [-0.25, -0.2) is 0 Å². The van der Waals surface area contributed by atoms with Gasteiger partial charge in [-0.05, 0) is 6.07 Å². The summed E-state index contributed by atoms with van der Waals surface area (Å²) >= 11 is 1.62. The molecule has 0 unspecified atom stereocenters. The van der Waals surface area contributed by atoms with Crippen molar-refractivity contribution in [3.63, 3.8) is 0 Å². The third-order valence-corrected chi connectivity index (χ3v) is 3.50. The van der Waals surface area contributed by atoms with Crippen LogP contribution in [-0.2, 0) is 0 Å². The fraction of sp³-hybridized carbons (Fsp3) is 0.444. The molecule has 64 valence electrons. The highest BCUT2D eigenvalue weighted by Gasteiger charge is 2.36. The number of rotatable bonds is 0. The molecule has 2 rings (SSSR count). The van der Waals surface area contributed by atoms with Crippen molar-refractivity contribution in [2.45, 2.75) is 18.9 Å². The number of thioether (sulfide) groups is 1. The Morgan fingerprint density at radius 3 is 3.08 bits per heavy atom. The quantitative estimate of drug-likeness (QED) is 0.617. The van der Waals surface area contributed by atoms with Crippen molar-refractivity contribution < 1.29 is 9.21 Å². The van der Waals surface area contributed by atoms with Crippen LogP contribution < -0.4 is 0 Å². The van der Waals surface area contributed by atoms with E-state index in [9.17, 15) is 4.79 Å². The molecule has 0 saturated heterocycles. The minimum absolute atomic E-state index is 0.199. The van der Waals surface area contributed by atoms with E-state index >= 15 is 0 Å². The van der Waals surface area contributed by atoms with Gasteiger partial charge in [0.2, 0.25) is 0 Å². The Balaban J connectivity index is 2.49. The summed E-state index contributed by atoms with van der Waals surface area (Å²) in [6, 6.07) is 1.76. The minimum Gasteiger partial charge on any atom is -0.457 e. The lowest BCUT2D eigenvalue weighted by molar-refractivity contribution is 0.0852. The zero-order valence-corrected chi connectivity index (χ0v) is 7.90. The second-order valence-corrected chi connectivity index (χ2v) is 4.57. The fourth-order valence-electron chi connectivity index (χ4n) is 1.25. The number of carbonyl (C=O) groups is 1. The molecule has 1 aliphatic rings. The van der Waals surface area contributed by atoms with E-state index in [-0.39, 0.29) is 11.2 Å². The van der Waals surface area contributed by atoms with Crippen molar-refractivity contribution in [2.24, 2.45) is 5.41 Å². The predicted octanol–water partition coefficient (Wildman–Crippen LogP) is 2.59. The maximum absolute atomic E-state index is 11.7. The lowest BCUT2D eigenvalue weighted by Crippen LogP contribution is -2.29. The Kier molecular flexibility index (Phi) is 1.58. The van der Waals surface area contributed by atoms with Crippen LogP contribution in [0, 0.1) is 5.41 Å². The molecule has 3 heteroatoms. The molecule has 2 heterocycles. The first-order chi connectivity index (χ1) is 5.61. The normalized spacial score (nSPS) is 20.7. The van der Waals surface area contributed by atoms with Crippen molar-refractivity contribution in [1.29, 1.82) is 0 Å². The van der Waals surface area contributed by atoms with E-state index in [1.165, 1.54) is 0 Å². The molecule has 1 aromatic rings. The molecule has 1 aliphatic heterocycles. The minimum atomic E-state index is -0.235. The summed E-state index contributed by atoms with van der Waals surface area (Å²) in [5.74, 6) is 1.01. The molecule has 0 radical (unpaired) electrons. The van der Waals surface area contributed by atoms with Crippen LogP contribution >= 0.6 is 11.8 Å². The maximum atomic E-state index is 11.7. The maximum Gasteiger partial charge on any atom is 0.173 e. The summed E-state index contributed by atoms with van der Waals surface area (Å²) in [5.41, 5.74) is 0.512. The molecule has 0 amide bonds. The van der Waals surface area contributed by atoms with Crippen molar-refractivity contribution >= 4 is 17.5 Å². The number of carbonyl (C=O) groups excluding carboxylic acids is 1. The van der Waals surface area contributed by atoms with Crippen LogP contribution in [0.4, 0.5) is 0 Å². The van der Waals surface area contributed by atoms with Crippen LogP contribution in [0.25, 0.3) is 0 Å². The summed E-state index contributed by atoms with van der Waals surface area (Å²) in [4.78, 5) is 11.7. The van der Waals surface area contributed by atoms with E-state index in [2.05, 4.69) is 0 Å². The van der Waals surface area contributed by atoms with Gasteiger partial charge in [0, 0.05) is 11.2 Å². The first kappa shape index (κ1) is 7.92. The fourth-order valence-corrected chi connectivity index (χ4v) is 2.31. The van der Waals surface area contributed by atoms with E-state index < -0.39 is 0 Å². The van der Waals surface area contributed by atoms with Crippen LogP contribution in [0.5, 0.6) is 0 Å². The molecule has 0 spiro atoms. The lowest BCUT2D eigenvalue weighted by atomic mass is 9.87. The SMILES string of the molecule is CC1(C)CSc2occc2C1=O. The smallest absolute Gasteiger partial charge is 0.173 e. The van der Waals surface area contributed by atoms with Gasteiger partial charge in [-0.3, -0.25) is 4.79 Å². The molecular weight excluding hydrogens is 172 g/mol. The van der Waals surface area contributed by atoms with Gasteiger partial charge in [0.25, 0.3) is 0 Å². The van der Waals surface area contributed by atoms with E-state index in [0.717, 1.165) is 16.4 Å². The number of ketones is 1.